The molecular formula is C20H21N5OS. The highest BCUT2D eigenvalue weighted by Gasteiger charge is 2.15. The molecule has 2 aromatic heterocycles. The van der Waals surface area contributed by atoms with Crippen molar-refractivity contribution in [1.29, 1.82) is 0 Å². The molecule has 1 amide bonds. The zero-order valence-electron chi connectivity index (χ0n) is 15.3. The maximum atomic E-state index is 12.4. The minimum absolute atomic E-state index is 0.0789. The van der Waals surface area contributed by atoms with Crippen molar-refractivity contribution in [3.05, 3.63) is 66.5 Å². The molecule has 0 radical (unpaired) electrons. The molecule has 27 heavy (non-hydrogen) atoms. The van der Waals surface area contributed by atoms with Gasteiger partial charge in [0.05, 0.1) is 5.75 Å². The summed E-state index contributed by atoms with van der Waals surface area (Å²) in [5.41, 5.74) is 3.85. The summed E-state index contributed by atoms with van der Waals surface area (Å²) in [6.07, 6.45) is 5.24. The standard InChI is InChI=1S/C20H21N5OS/c1-4-10-25-19(16-6-5-9-21-12-16)23-24-20(25)27-13-18(26)22-17-11-14(2)7-8-15(17)3/h4-9,11-12H,1,10,13H2,2-3H3,(H,22,26). The molecule has 0 bridgehead atoms. The van der Waals surface area contributed by atoms with E-state index in [9.17, 15) is 4.79 Å². The second-order valence-electron chi connectivity index (χ2n) is 6.10. The number of aryl methyl sites for hydroxylation is 2. The van der Waals surface area contributed by atoms with Gasteiger partial charge < -0.3 is 5.32 Å². The van der Waals surface area contributed by atoms with Crippen molar-refractivity contribution >= 4 is 23.4 Å². The van der Waals surface area contributed by atoms with E-state index in [4.69, 9.17) is 0 Å². The Labute approximate surface area is 162 Å². The lowest BCUT2D eigenvalue weighted by Gasteiger charge is -2.10. The predicted molar refractivity (Wildman–Crippen MR) is 109 cm³/mol. The lowest BCUT2D eigenvalue weighted by atomic mass is 10.1. The number of hydrogen-bond donors (Lipinski definition) is 1. The van der Waals surface area contributed by atoms with Crippen LogP contribution >= 0.6 is 11.8 Å². The Kier molecular flexibility index (Phi) is 6.03. The average molecular weight is 379 g/mol. The van der Waals surface area contributed by atoms with Crippen LogP contribution in [-0.2, 0) is 11.3 Å². The molecule has 3 aromatic rings. The lowest BCUT2D eigenvalue weighted by molar-refractivity contribution is -0.113. The van der Waals surface area contributed by atoms with Gasteiger partial charge in [-0.2, -0.15) is 0 Å². The molecule has 2 heterocycles. The minimum atomic E-state index is -0.0789. The second kappa shape index (κ2) is 8.64. The summed E-state index contributed by atoms with van der Waals surface area (Å²) >= 11 is 1.35. The number of nitrogens with zero attached hydrogens (tertiary/aromatic N) is 4. The highest BCUT2D eigenvalue weighted by molar-refractivity contribution is 7.99. The van der Waals surface area contributed by atoms with Gasteiger partial charge in [-0.15, -0.1) is 16.8 Å². The van der Waals surface area contributed by atoms with E-state index in [1.807, 2.05) is 48.7 Å². The smallest absolute Gasteiger partial charge is 0.234 e. The van der Waals surface area contributed by atoms with Crippen molar-refractivity contribution < 1.29 is 4.79 Å². The first-order chi connectivity index (χ1) is 13.1. The quantitative estimate of drug-likeness (QED) is 0.498. The third kappa shape index (κ3) is 4.62. The fourth-order valence-corrected chi connectivity index (χ4v) is 3.33. The number of carbonyl (C=O) groups excluding carboxylic acids is 1. The van der Waals surface area contributed by atoms with E-state index < -0.39 is 0 Å². The Morgan fingerprint density at radius 1 is 1.30 bits per heavy atom. The first-order valence-corrected chi connectivity index (χ1v) is 9.51. The van der Waals surface area contributed by atoms with Crippen LogP contribution in [0.25, 0.3) is 11.4 Å². The number of carbonyl (C=O) groups is 1. The number of pyridine rings is 1. The Morgan fingerprint density at radius 2 is 2.15 bits per heavy atom. The molecule has 0 fully saturated rings. The number of thioether (sulfide) groups is 1. The molecule has 0 aliphatic rings. The van der Waals surface area contributed by atoms with E-state index in [0.29, 0.717) is 17.5 Å². The van der Waals surface area contributed by atoms with Crippen molar-refractivity contribution in [2.75, 3.05) is 11.1 Å². The van der Waals surface area contributed by atoms with Crippen molar-refractivity contribution in [2.24, 2.45) is 0 Å². The van der Waals surface area contributed by atoms with E-state index in [0.717, 1.165) is 22.4 Å². The summed E-state index contributed by atoms with van der Waals surface area (Å²) < 4.78 is 1.93. The summed E-state index contributed by atoms with van der Waals surface area (Å²) in [5, 5.41) is 12.1. The Morgan fingerprint density at radius 3 is 2.89 bits per heavy atom. The molecule has 6 nitrogen and oxygen atoms in total. The molecule has 0 atom stereocenters. The van der Waals surface area contributed by atoms with Crippen molar-refractivity contribution in [2.45, 2.75) is 25.5 Å². The molecule has 7 heteroatoms. The van der Waals surface area contributed by atoms with Crippen molar-refractivity contribution in [1.82, 2.24) is 19.7 Å². The van der Waals surface area contributed by atoms with Crippen LogP contribution in [0.5, 0.6) is 0 Å². The number of amides is 1. The maximum absolute atomic E-state index is 12.4. The zero-order chi connectivity index (χ0) is 19.2. The van der Waals surface area contributed by atoms with E-state index >= 15 is 0 Å². The summed E-state index contributed by atoms with van der Waals surface area (Å²) in [5.74, 6) is 0.876. The number of nitrogens with one attached hydrogen (secondary N) is 1. The highest BCUT2D eigenvalue weighted by Crippen LogP contribution is 2.24. The summed E-state index contributed by atoms with van der Waals surface area (Å²) in [4.78, 5) is 16.5. The number of anilines is 1. The predicted octanol–water partition coefficient (Wildman–Crippen LogP) is 3.87. The fourth-order valence-electron chi connectivity index (χ4n) is 2.58. The molecule has 1 N–H and O–H groups in total. The summed E-state index contributed by atoms with van der Waals surface area (Å²) in [6, 6.07) is 9.78. The van der Waals surface area contributed by atoms with Gasteiger partial charge in [0.1, 0.15) is 0 Å². The molecule has 0 saturated carbocycles. The van der Waals surface area contributed by atoms with Crippen LogP contribution in [0.15, 0.2) is 60.5 Å². The largest absolute Gasteiger partial charge is 0.325 e. The normalized spacial score (nSPS) is 10.6. The zero-order valence-corrected chi connectivity index (χ0v) is 16.2. The first kappa shape index (κ1) is 18.8. The topological polar surface area (TPSA) is 72.7 Å². The van der Waals surface area contributed by atoms with Gasteiger partial charge in [0.2, 0.25) is 5.91 Å². The molecule has 0 saturated heterocycles. The van der Waals surface area contributed by atoms with E-state index in [1.165, 1.54) is 11.8 Å². The van der Waals surface area contributed by atoms with Gasteiger partial charge in [0, 0.05) is 30.2 Å². The van der Waals surface area contributed by atoms with Crippen molar-refractivity contribution in [3.63, 3.8) is 0 Å². The van der Waals surface area contributed by atoms with Gasteiger partial charge in [-0.3, -0.25) is 14.3 Å². The number of allylic oxidation sites excluding steroid dienone is 1. The number of hydrogen-bond acceptors (Lipinski definition) is 5. The third-order valence-corrected chi connectivity index (χ3v) is 4.91. The highest BCUT2D eigenvalue weighted by atomic mass is 32.2. The van der Waals surface area contributed by atoms with Crippen LogP contribution < -0.4 is 5.32 Å². The number of rotatable bonds is 7. The minimum Gasteiger partial charge on any atom is -0.325 e. The third-order valence-electron chi connectivity index (χ3n) is 3.95. The summed E-state index contributed by atoms with van der Waals surface area (Å²) in [7, 11) is 0. The summed E-state index contributed by atoms with van der Waals surface area (Å²) in [6.45, 7) is 8.33. The molecule has 3 rings (SSSR count). The lowest BCUT2D eigenvalue weighted by Crippen LogP contribution is -2.15. The number of aromatic nitrogens is 4. The van der Waals surface area contributed by atoms with Gasteiger partial charge >= 0.3 is 0 Å². The Hall–Kier alpha value is -2.93. The molecule has 138 valence electrons. The van der Waals surface area contributed by atoms with Crippen LogP contribution in [0.1, 0.15) is 11.1 Å². The second-order valence-corrected chi connectivity index (χ2v) is 7.04. The van der Waals surface area contributed by atoms with E-state index in [1.54, 1.807) is 18.5 Å². The van der Waals surface area contributed by atoms with Crippen LogP contribution in [-0.4, -0.2) is 31.4 Å². The van der Waals surface area contributed by atoms with Gasteiger partial charge in [-0.25, -0.2) is 0 Å². The molecular weight excluding hydrogens is 358 g/mol. The van der Waals surface area contributed by atoms with Gasteiger partial charge in [-0.05, 0) is 43.2 Å². The van der Waals surface area contributed by atoms with E-state index in [-0.39, 0.29) is 11.7 Å². The van der Waals surface area contributed by atoms with Gasteiger partial charge in [0.15, 0.2) is 11.0 Å². The molecule has 0 unspecified atom stereocenters. The Balaban J connectivity index is 1.72. The molecule has 1 aromatic carbocycles. The maximum Gasteiger partial charge on any atom is 0.234 e. The van der Waals surface area contributed by atoms with Crippen LogP contribution in [0.3, 0.4) is 0 Å². The SMILES string of the molecule is C=CCn1c(SCC(=O)Nc2cc(C)ccc2C)nnc1-c1cccnc1. The van der Waals surface area contributed by atoms with Crippen molar-refractivity contribution in [3.8, 4) is 11.4 Å². The fraction of sp³-hybridized carbons (Fsp3) is 0.200. The van der Waals surface area contributed by atoms with Gasteiger partial charge in [-0.1, -0.05) is 30.0 Å². The first-order valence-electron chi connectivity index (χ1n) is 8.53. The monoisotopic (exact) mass is 379 g/mol. The molecule has 0 spiro atoms. The average Bonchev–Trinajstić information content (AvgIpc) is 3.07. The van der Waals surface area contributed by atoms with Crippen LogP contribution in [0.4, 0.5) is 5.69 Å². The van der Waals surface area contributed by atoms with Crippen LogP contribution in [0, 0.1) is 13.8 Å². The molecule has 0 aliphatic carbocycles. The molecule has 0 aliphatic heterocycles. The number of benzene rings is 1. The van der Waals surface area contributed by atoms with Gasteiger partial charge in [0.25, 0.3) is 0 Å². The Bertz CT molecular complexity index is 952. The van der Waals surface area contributed by atoms with E-state index in [2.05, 4.69) is 27.1 Å². The van der Waals surface area contributed by atoms with Crippen LogP contribution in [0.2, 0.25) is 0 Å².